The number of fused-ring (bicyclic) bond motifs is 1. The second-order valence-electron chi connectivity index (χ2n) is 3.81. The monoisotopic (exact) mass is 250 g/mol. The predicted octanol–water partition coefficient (Wildman–Crippen LogP) is 2.12. The Hall–Kier alpha value is -1.59. The minimum absolute atomic E-state index is 0.416. The summed E-state index contributed by atoms with van der Waals surface area (Å²) in [6.07, 6.45) is 0.416. The van der Waals surface area contributed by atoms with Crippen molar-refractivity contribution in [2.75, 3.05) is 11.9 Å². The van der Waals surface area contributed by atoms with Gasteiger partial charge in [-0.1, -0.05) is 18.2 Å². The third-order valence-electron chi connectivity index (χ3n) is 2.57. The first-order valence-corrected chi connectivity index (χ1v) is 6.25. The summed E-state index contributed by atoms with van der Waals surface area (Å²) in [6, 6.07) is 7.30. The van der Waals surface area contributed by atoms with Crippen molar-refractivity contribution < 1.29 is 9.90 Å². The number of carboxylic acids is 1. The molecular formula is C12H14N2O2S. The summed E-state index contributed by atoms with van der Waals surface area (Å²) in [5.41, 5.74) is 6.48. The Balaban J connectivity index is 1.98. The number of nitrogens with two attached hydrogens (primary N) is 1. The van der Waals surface area contributed by atoms with Crippen LogP contribution in [0.3, 0.4) is 0 Å². The van der Waals surface area contributed by atoms with Gasteiger partial charge in [0, 0.05) is 22.0 Å². The van der Waals surface area contributed by atoms with Crippen LogP contribution in [0.2, 0.25) is 0 Å². The van der Waals surface area contributed by atoms with Gasteiger partial charge in [0.2, 0.25) is 0 Å². The van der Waals surface area contributed by atoms with E-state index in [2.05, 4.69) is 11.4 Å². The SMILES string of the molecule is NC(CCNc1csc2ccccc12)C(=O)O. The summed E-state index contributed by atoms with van der Waals surface area (Å²) >= 11 is 1.67. The molecule has 90 valence electrons. The summed E-state index contributed by atoms with van der Waals surface area (Å²) in [6.45, 7) is 0.564. The van der Waals surface area contributed by atoms with E-state index in [0.717, 1.165) is 5.69 Å². The smallest absolute Gasteiger partial charge is 0.320 e. The zero-order valence-electron chi connectivity index (χ0n) is 9.22. The van der Waals surface area contributed by atoms with Gasteiger partial charge >= 0.3 is 5.97 Å². The molecule has 0 saturated heterocycles. The van der Waals surface area contributed by atoms with Crippen LogP contribution in [0.5, 0.6) is 0 Å². The second-order valence-corrected chi connectivity index (χ2v) is 4.72. The molecule has 2 rings (SSSR count). The van der Waals surface area contributed by atoms with Gasteiger partial charge in [0.1, 0.15) is 6.04 Å². The lowest BCUT2D eigenvalue weighted by Gasteiger charge is -2.08. The van der Waals surface area contributed by atoms with Gasteiger partial charge in [-0.3, -0.25) is 4.79 Å². The number of thiophene rings is 1. The molecule has 1 atom stereocenters. The molecule has 2 aromatic rings. The number of hydrogen-bond acceptors (Lipinski definition) is 4. The standard InChI is InChI=1S/C12H14N2O2S/c13-9(12(15)16)5-6-14-10-7-17-11-4-2-1-3-8(10)11/h1-4,7,9,14H,5-6,13H2,(H,15,16). The number of carboxylic acid groups (broad SMARTS) is 1. The normalized spacial score (nSPS) is 12.5. The fraction of sp³-hybridized carbons (Fsp3) is 0.250. The first kappa shape index (κ1) is 11.9. The molecule has 0 bridgehead atoms. The van der Waals surface area contributed by atoms with Crippen LogP contribution in [0.1, 0.15) is 6.42 Å². The minimum Gasteiger partial charge on any atom is -0.480 e. The van der Waals surface area contributed by atoms with E-state index in [0.29, 0.717) is 13.0 Å². The lowest BCUT2D eigenvalue weighted by atomic mass is 10.2. The van der Waals surface area contributed by atoms with E-state index in [1.54, 1.807) is 11.3 Å². The molecule has 0 aliphatic heterocycles. The van der Waals surface area contributed by atoms with Gasteiger partial charge in [-0.15, -0.1) is 11.3 Å². The van der Waals surface area contributed by atoms with Gasteiger partial charge in [0.25, 0.3) is 0 Å². The Bertz CT molecular complexity index is 524. The summed E-state index contributed by atoms with van der Waals surface area (Å²) in [5.74, 6) is -0.957. The van der Waals surface area contributed by atoms with Gasteiger partial charge in [-0.25, -0.2) is 0 Å². The van der Waals surface area contributed by atoms with E-state index in [-0.39, 0.29) is 0 Å². The highest BCUT2D eigenvalue weighted by atomic mass is 32.1. The highest BCUT2D eigenvalue weighted by Crippen LogP contribution is 2.29. The van der Waals surface area contributed by atoms with Crippen LogP contribution < -0.4 is 11.1 Å². The lowest BCUT2D eigenvalue weighted by Crippen LogP contribution is -2.32. The molecule has 0 spiro atoms. The van der Waals surface area contributed by atoms with Crippen molar-refractivity contribution in [3.8, 4) is 0 Å². The van der Waals surface area contributed by atoms with E-state index < -0.39 is 12.0 Å². The van der Waals surface area contributed by atoms with Gasteiger partial charge < -0.3 is 16.2 Å². The van der Waals surface area contributed by atoms with E-state index in [9.17, 15) is 4.79 Å². The van der Waals surface area contributed by atoms with Gasteiger partial charge in [-0.05, 0) is 12.5 Å². The molecule has 0 aliphatic carbocycles. The number of hydrogen-bond donors (Lipinski definition) is 3. The average molecular weight is 250 g/mol. The van der Waals surface area contributed by atoms with Crippen molar-refractivity contribution in [1.29, 1.82) is 0 Å². The molecule has 0 aliphatic rings. The van der Waals surface area contributed by atoms with Crippen LogP contribution in [-0.2, 0) is 4.79 Å². The topological polar surface area (TPSA) is 75.3 Å². The Morgan fingerprint density at radius 1 is 1.47 bits per heavy atom. The van der Waals surface area contributed by atoms with Crippen LogP contribution >= 0.6 is 11.3 Å². The summed E-state index contributed by atoms with van der Waals surface area (Å²) in [7, 11) is 0. The first-order valence-electron chi connectivity index (χ1n) is 5.37. The van der Waals surface area contributed by atoms with Crippen LogP contribution in [-0.4, -0.2) is 23.7 Å². The Morgan fingerprint density at radius 2 is 2.24 bits per heavy atom. The molecule has 0 radical (unpaired) electrons. The first-order chi connectivity index (χ1) is 8.18. The molecule has 17 heavy (non-hydrogen) atoms. The van der Waals surface area contributed by atoms with Crippen LogP contribution in [0.4, 0.5) is 5.69 Å². The summed E-state index contributed by atoms with van der Waals surface area (Å²) in [5, 5.41) is 15.1. The highest BCUT2D eigenvalue weighted by molar-refractivity contribution is 7.17. The number of anilines is 1. The highest BCUT2D eigenvalue weighted by Gasteiger charge is 2.10. The van der Waals surface area contributed by atoms with Crippen molar-refractivity contribution >= 4 is 33.1 Å². The molecule has 1 aromatic heterocycles. The molecule has 0 saturated carbocycles. The Labute approximate surface area is 103 Å². The van der Waals surface area contributed by atoms with Crippen LogP contribution in [0, 0.1) is 0 Å². The molecular weight excluding hydrogens is 236 g/mol. The van der Waals surface area contributed by atoms with Crippen molar-refractivity contribution in [2.24, 2.45) is 5.73 Å². The maximum atomic E-state index is 10.6. The third kappa shape index (κ3) is 2.75. The quantitative estimate of drug-likeness (QED) is 0.759. The average Bonchev–Trinajstić information content (AvgIpc) is 2.72. The van der Waals surface area contributed by atoms with E-state index >= 15 is 0 Å². The van der Waals surface area contributed by atoms with Crippen molar-refractivity contribution in [2.45, 2.75) is 12.5 Å². The molecule has 5 heteroatoms. The summed E-state index contributed by atoms with van der Waals surface area (Å²) in [4.78, 5) is 10.6. The van der Waals surface area contributed by atoms with E-state index in [1.165, 1.54) is 10.1 Å². The van der Waals surface area contributed by atoms with Crippen LogP contribution in [0.25, 0.3) is 10.1 Å². The maximum absolute atomic E-state index is 10.6. The number of rotatable bonds is 5. The Morgan fingerprint density at radius 3 is 3.00 bits per heavy atom. The Kier molecular flexibility index (Phi) is 3.61. The second kappa shape index (κ2) is 5.16. The minimum atomic E-state index is -0.957. The van der Waals surface area contributed by atoms with E-state index in [4.69, 9.17) is 10.8 Å². The molecule has 1 heterocycles. The molecule has 0 fully saturated rings. The number of carbonyl (C=O) groups is 1. The van der Waals surface area contributed by atoms with Crippen molar-refractivity contribution in [3.63, 3.8) is 0 Å². The lowest BCUT2D eigenvalue weighted by molar-refractivity contribution is -0.138. The number of aliphatic carboxylic acids is 1. The fourth-order valence-electron chi connectivity index (χ4n) is 1.60. The molecule has 0 amide bonds. The number of nitrogens with one attached hydrogen (secondary N) is 1. The molecule has 1 aromatic carbocycles. The van der Waals surface area contributed by atoms with Crippen LogP contribution in [0.15, 0.2) is 29.6 Å². The molecule has 4 N–H and O–H groups in total. The largest absolute Gasteiger partial charge is 0.480 e. The van der Waals surface area contributed by atoms with Crippen molar-refractivity contribution in [1.82, 2.24) is 0 Å². The number of benzene rings is 1. The third-order valence-corrected chi connectivity index (χ3v) is 3.53. The predicted molar refractivity (Wildman–Crippen MR) is 70.5 cm³/mol. The summed E-state index contributed by atoms with van der Waals surface area (Å²) < 4.78 is 1.22. The molecule has 1 unspecified atom stereocenters. The van der Waals surface area contributed by atoms with Gasteiger partial charge in [-0.2, -0.15) is 0 Å². The fourth-order valence-corrected chi connectivity index (χ4v) is 2.52. The zero-order chi connectivity index (χ0) is 12.3. The van der Waals surface area contributed by atoms with Gasteiger partial charge in [0.05, 0.1) is 5.69 Å². The van der Waals surface area contributed by atoms with E-state index in [1.807, 2.05) is 23.6 Å². The van der Waals surface area contributed by atoms with Gasteiger partial charge in [0.15, 0.2) is 0 Å². The van der Waals surface area contributed by atoms with Crippen molar-refractivity contribution in [3.05, 3.63) is 29.6 Å². The molecule has 4 nitrogen and oxygen atoms in total. The zero-order valence-corrected chi connectivity index (χ0v) is 10.0. The maximum Gasteiger partial charge on any atom is 0.320 e.